The van der Waals surface area contributed by atoms with E-state index in [-0.39, 0.29) is 29.6 Å². The first kappa shape index (κ1) is 20.6. The first-order valence-corrected chi connectivity index (χ1v) is 12.0. The topological polar surface area (TPSA) is 93.7 Å². The Morgan fingerprint density at radius 1 is 1.17 bits per heavy atom. The lowest BCUT2D eigenvalue weighted by atomic mass is 9.70. The van der Waals surface area contributed by atoms with Gasteiger partial charge in [-0.1, -0.05) is 26.0 Å². The fourth-order valence-corrected chi connectivity index (χ4v) is 7.05. The molecule has 3 atom stereocenters. The number of fused-ring (bicyclic) bond motifs is 3. The summed E-state index contributed by atoms with van der Waals surface area (Å²) in [6, 6.07) is 7.54. The summed E-state index contributed by atoms with van der Waals surface area (Å²) in [6.07, 6.45) is 2.04. The van der Waals surface area contributed by atoms with Crippen LogP contribution < -0.4 is 19.5 Å². The van der Waals surface area contributed by atoms with E-state index in [1.165, 1.54) is 0 Å². The third kappa shape index (κ3) is 3.78. The monoisotopic (exact) mass is 422 g/mol. The number of ketones is 1. The van der Waals surface area contributed by atoms with Gasteiger partial charge in [0.25, 0.3) is 0 Å². The van der Waals surface area contributed by atoms with Crippen molar-refractivity contribution in [2.75, 3.05) is 32.0 Å². The molecule has 0 amide bonds. The van der Waals surface area contributed by atoms with Gasteiger partial charge in [-0.3, -0.25) is 4.79 Å². The van der Waals surface area contributed by atoms with Crippen molar-refractivity contribution in [3.8, 4) is 11.5 Å². The normalized spacial score (nSPS) is 29.9. The molecule has 2 N–H and O–H groups in total. The Labute approximate surface area is 172 Å². The summed E-state index contributed by atoms with van der Waals surface area (Å²) in [5.74, 6) is 1.81. The van der Waals surface area contributed by atoms with Crippen LogP contribution >= 0.6 is 0 Å². The number of hydrogen-bond donors (Lipinski definition) is 2. The van der Waals surface area contributed by atoms with Crippen molar-refractivity contribution in [1.29, 1.82) is 0 Å². The van der Waals surface area contributed by atoms with Gasteiger partial charge in [0.2, 0.25) is 10.0 Å². The minimum Gasteiger partial charge on any atom is -0.486 e. The molecule has 2 bridgehead atoms. The lowest BCUT2D eigenvalue weighted by molar-refractivity contribution is -0.128. The summed E-state index contributed by atoms with van der Waals surface area (Å²) in [6.45, 7) is 5.88. The first-order chi connectivity index (χ1) is 13.7. The van der Waals surface area contributed by atoms with Gasteiger partial charge in [0.05, 0.1) is 5.75 Å². The van der Waals surface area contributed by atoms with Crippen molar-refractivity contribution in [3.05, 3.63) is 24.3 Å². The number of nitrogens with one attached hydrogen (secondary N) is 2. The van der Waals surface area contributed by atoms with Crippen LogP contribution in [0.1, 0.15) is 33.1 Å². The molecule has 0 aromatic heterocycles. The van der Waals surface area contributed by atoms with Crippen LogP contribution in [0.25, 0.3) is 0 Å². The average molecular weight is 423 g/mol. The fraction of sp³-hybridized carbons (Fsp3) is 0.667. The molecule has 2 aliphatic carbocycles. The number of Topliss-reactive ketones (excluding diaryl/α,β-unsaturated/α-hetero) is 1. The molecule has 4 rings (SSSR count). The Balaban J connectivity index is 1.22. The highest BCUT2D eigenvalue weighted by Gasteiger charge is 2.65. The summed E-state index contributed by atoms with van der Waals surface area (Å²) >= 11 is 0. The van der Waals surface area contributed by atoms with Crippen LogP contribution in [0.2, 0.25) is 0 Å². The van der Waals surface area contributed by atoms with E-state index in [4.69, 9.17) is 9.47 Å². The van der Waals surface area contributed by atoms with Crippen molar-refractivity contribution >= 4 is 15.8 Å². The van der Waals surface area contributed by atoms with Crippen molar-refractivity contribution < 1.29 is 22.7 Å². The number of hydrogen-bond acceptors (Lipinski definition) is 6. The minimum atomic E-state index is -3.52. The molecular weight excluding hydrogens is 392 g/mol. The van der Waals surface area contributed by atoms with Crippen molar-refractivity contribution in [1.82, 2.24) is 10.0 Å². The van der Waals surface area contributed by atoms with Crippen molar-refractivity contribution in [2.45, 2.75) is 39.2 Å². The highest BCUT2D eigenvalue weighted by molar-refractivity contribution is 7.89. The zero-order chi connectivity index (χ0) is 20.7. The summed E-state index contributed by atoms with van der Waals surface area (Å²) in [7, 11) is -3.52. The van der Waals surface area contributed by atoms with Gasteiger partial charge in [0.1, 0.15) is 18.5 Å². The van der Waals surface area contributed by atoms with Crippen molar-refractivity contribution in [2.24, 2.45) is 16.7 Å². The molecule has 8 heteroatoms. The van der Waals surface area contributed by atoms with Gasteiger partial charge >= 0.3 is 0 Å². The van der Waals surface area contributed by atoms with Gasteiger partial charge in [-0.05, 0) is 36.3 Å². The molecule has 3 unspecified atom stereocenters. The summed E-state index contributed by atoms with van der Waals surface area (Å²) in [4.78, 5) is 12.6. The Morgan fingerprint density at radius 3 is 2.62 bits per heavy atom. The highest BCUT2D eigenvalue weighted by atomic mass is 32.2. The van der Waals surface area contributed by atoms with Crippen LogP contribution in [0.5, 0.6) is 11.5 Å². The molecule has 1 aromatic rings. The van der Waals surface area contributed by atoms with Crippen LogP contribution in [-0.4, -0.2) is 52.3 Å². The second-order valence-corrected chi connectivity index (χ2v) is 10.8. The maximum absolute atomic E-state index is 12.7. The Bertz CT molecular complexity index is 885. The van der Waals surface area contributed by atoms with E-state index in [1.54, 1.807) is 0 Å². The average Bonchev–Trinajstić information content (AvgIpc) is 3.01. The molecule has 1 heterocycles. The summed E-state index contributed by atoms with van der Waals surface area (Å²) in [5, 5.41) is 3.21. The first-order valence-electron chi connectivity index (χ1n) is 10.3. The fourth-order valence-electron chi connectivity index (χ4n) is 5.21. The predicted octanol–water partition coefficient (Wildman–Crippen LogP) is 1.73. The molecule has 2 saturated carbocycles. The zero-order valence-corrected chi connectivity index (χ0v) is 17.9. The number of rotatable bonds is 8. The second-order valence-electron chi connectivity index (χ2n) is 9.02. The van der Waals surface area contributed by atoms with E-state index in [0.717, 1.165) is 17.9 Å². The zero-order valence-electron chi connectivity index (χ0n) is 17.1. The molecule has 0 saturated heterocycles. The number of ether oxygens (including phenoxy) is 2. The standard InChI is InChI=1S/C21H30N2O5S/c1-20(2)15-7-8-21(20,19(24)11-15)14-29(25,26)23-10-9-22-12-16-13-27-17-5-3-4-6-18(17)28-16/h3-6,15-16,22-23H,7-14H2,1-2H3. The molecule has 7 nitrogen and oxygen atoms in total. The van der Waals surface area contributed by atoms with Crippen LogP contribution in [0, 0.1) is 16.7 Å². The van der Waals surface area contributed by atoms with Gasteiger partial charge in [-0.2, -0.15) is 0 Å². The molecule has 1 aromatic carbocycles. The minimum absolute atomic E-state index is 0.0985. The van der Waals surface area contributed by atoms with E-state index < -0.39 is 15.4 Å². The second kappa shape index (κ2) is 7.56. The van der Waals surface area contributed by atoms with Crippen LogP contribution in [0.15, 0.2) is 24.3 Å². The highest BCUT2D eigenvalue weighted by Crippen LogP contribution is 2.64. The number of sulfonamides is 1. The van der Waals surface area contributed by atoms with Gasteiger partial charge in [-0.15, -0.1) is 0 Å². The third-order valence-electron chi connectivity index (χ3n) is 7.14. The van der Waals surface area contributed by atoms with Crippen molar-refractivity contribution in [3.63, 3.8) is 0 Å². The maximum atomic E-state index is 12.7. The molecule has 160 valence electrons. The Hall–Kier alpha value is -1.64. The van der Waals surface area contributed by atoms with Gasteiger partial charge < -0.3 is 14.8 Å². The Morgan fingerprint density at radius 2 is 1.93 bits per heavy atom. The summed E-state index contributed by atoms with van der Waals surface area (Å²) in [5.41, 5.74) is -0.969. The molecule has 0 spiro atoms. The SMILES string of the molecule is CC1(C)C2CCC1(CS(=O)(=O)NCCNCC1COc3ccccc3O1)C(=O)C2. The lowest BCUT2D eigenvalue weighted by Gasteiger charge is -2.36. The number of para-hydroxylation sites is 2. The quantitative estimate of drug-likeness (QED) is 0.620. The van der Waals surface area contributed by atoms with Crippen LogP contribution in [0.4, 0.5) is 0 Å². The molecule has 0 radical (unpaired) electrons. The van der Waals surface area contributed by atoms with Crippen LogP contribution in [-0.2, 0) is 14.8 Å². The largest absolute Gasteiger partial charge is 0.486 e. The van der Waals surface area contributed by atoms with Gasteiger partial charge in [0, 0.05) is 31.5 Å². The van der Waals surface area contributed by atoms with E-state index in [0.29, 0.717) is 38.5 Å². The third-order valence-corrected chi connectivity index (χ3v) is 8.66. The maximum Gasteiger partial charge on any atom is 0.212 e. The van der Waals surface area contributed by atoms with Gasteiger partial charge in [-0.25, -0.2) is 13.1 Å². The number of carbonyl (C=O) groups excluding carboxylic acids is 1. The molecule has 29 heavy (non-hydrogen) atoms. The number of benzene rings is 1. The predicted molar refractivity (Wildman–Crippen MR) is 110 cm³/mol. The Kier molecular flexibility index (Phi) is 5.38. The van der Waals surface area contributed by atoms with E-state index >= 15 is 0 Å². The lowest BCUT2D eigenvalue weighted by Crippen LogP contribution is -2.46. The van der Waals surface area contributed by atoms with Gasteiger partial charge in [0.15, 0.2) is 11.5 Å². The van der Waals surface area contributed by atoms with Crippen LogP contribution in [0.3, 0.4) is 0 Å². The summed E-state index contributed by atoms with van der Waals surface area (Å²) < 4.78 is 39.5. The van der Waals surface area contributed by atoms with E-state index in [9.17, 15) is 13.2 Å². The smallest absolute Gasteiger partial charge is 0.212 e. The molecule has 1 aliphatic heterocycles. The molecule has 2 fully saturated rings. The molecular formula is C21H30N2O5S. The number of carbonyl (C=O) groups is 1. The van der Waals surface area contributed by atoms with E-state index in [1.807, 2.05) is 24.3 Å². The van der Waals surface area contributed by atoms with E-state index in [2.05, 4.69) is 23.9 Å². The molecule has 3 aliphatic rings.